The molecule has 0 spiro atoms. The minimum absolute atomic E-state index is 0.0498. The van der Waals surface area contributed by atoms with Gasteiger partial charge in [0.15, 0.2) is 0 Å². The Hall–Kier alpha value is -6.31. The molecule has 8 rings (SSSR count). The fraction of sp³-hybridized carbons (Fsp3) is 0.373. The number of amides is 3. The zero-order chi connectivity index (χ0) is 45.9. The molecule has 1 saturated heterocycles. The first-order valence-electron chi connectivity index (χ1n) is 22.1. The molecule has 1 unspecified atom stereocenters. The van der Waals surface area contributed by atoms with Crippen LogP contribution in [-0.2, 0) is 25.6 Å². The van der Waals surface area contributed by atoms with Gasteiger partial charge < -0.3 is 40.1 Å². The Kier molecular flexibility index (Phi) is 16.1. The third-order valence-electron chi connectivity index (χ3n) is 11.9. The quantitative estimate of drug-likeness (QED) is 0.0870. The highest BCUT2D eigenvalue weighted by atomic mass is 19.1. The van der Waals surface area contributed by atoms with Crippen LogP contribution >= 0.6 is 0 Å². The number of fused-ring (bicyclic) bond motifs is 4. The van der Waals surface area contributed by atoms with Crippen molar-refractivity contribution in [3.05, 3.63) is 126 Å². The van der Waals surface area contributed by atoms with Crippen molar-refractivity contribution in [1.29, 1.82) is 0 Å². The summed E-state index contributed by atoms with van der Waals surface area (Å²) in [4.78, 5) is 50.5. The van der Waals surface area contributed by atoms with Crippen molar-refractivity contribution in [3.63, 3.8) is 0 Å². The number of nitrogens with zero attached hydrogens (tertiary/aromatic N) is 3. The van der Waals surface area contributed by atoms with Crippen LogP contribution in [0.3, 0.4) is 0 Å². The van der Waals surface area contributed by atoms with Gasteiger partial charge in [0.25, 0.3) is 0 Å². The number of rotatable bonds is 10. The minimum atomic E-state index is -1.13. The van der Waals surface area contributed by atoms with Crippen molar-refractivity contribution >= 4 is 46.4 Å². The molecule has 1 saturated carbocycles. The van der Waals surface area contributed by atoms with E-state index >= 15 is 0 Å². The molecule has 2 aliphatic heterocycles. The number of carboxylic acids is 1. The van der Waals surface area contributed by atoms with Gasteiger partial charge in [-0.05, 0) is 98.3 Å². The van der Waals surface area contributed by atoms with Gasteiger partial charge in [0.05, 0.1) is 31.2 Å². The molecule has 2 fully saturated rings. The normalized spacial score (nSPS) is 17.1. The smallest absolute Gasteiger partial charge is 0.305 e. The van der Waals surface area contributed by atoms with Crippen LogP contribution in [0.5, 0.6) is 5.75 Å². The Morgan fingerprint density at radius 3 is 2.23 bits per heavy atom. The van der Waals surface area contributed by atoms with Crippen molar-refractivity contribution < 1.29 is 44.0 Å². The van der Waals surface area contributed by atoms with Crippen LogP contribution in [0.2, 0.25) is 0 Å². The number of para-hydroxylation sites is 1. The summed E-state index contributed by atoms with van der Waals surface area (Å²) in [6.07, 6.45) is 7.18. The lowest BCUT2D eigenvalue weighted by atomic mass is 9.87. The third kappa shape index (κ3) is 12.0. The van der Waals surface area contributed by atoms with E-state index in [1.54, 1.807) is 36.4 Å². The molecule has 3 amide bonds. The van der Waals surface area contributed by atoms with Crippen LogP contribution in [0.25, 0.3) is 28.1 Å². The van der Waals surface area contributed by atoms with E-state index in [0.717, 1.165) is 66.4 Å². The molecule has 3 aliphatic rings. The number of carboxylic acid groups (broad SMARTS) is 1. The summed E-state index contributed by atoms with van der Waals surface area (Å²) in [5.41, 5.74) is 6.90. The van der Waals surface area contributed by atoms with E-state index in [0.29, 0.717) is 12.2 Å². The highest BCUT2D eigenvalue weighted by Crippen LogP contribution is 2.38. The number of anilines is 1. The fourth-order valence-corrected chi connectivity index (χ4v) is 8.97. The van der Waals surface area contributed by atoms with Crippen LogP contribution in [0.1, 0.15) is 94.6 Å². The molecule has 12 nitrogen and oxygen atoms in total. The Morgan fingerprint density at radius 1 is 0.891 bits per heavy atom. The lowest BCUT2D eigenvalue weighted by Gasteiger charge is -2.45. The number of aliphatic hydroxyl groups excluding tert-OH is 2. The monoisotopic (exact) mass is 874 g/mol. The number of aliphatic hydroxyl groups is 2. The largest absolute Gasteiger partial charge is 0.508 e. The number of phenols is 1. The molecule has 13 heteroatoms. The average molecular weight is 875 g/mol. The molecule has 0 bridgehead atoms. The van der Waals surface area contributed by atoms with E-state index < -0.39 is 24.6 Å². The van der Waals surface area contributed by atoms with E-state index in [1.165, 1.54) is 48.7 Å². The minimum Gasteiger partial charge on any atom is -0.508 e. The summed E-state index contributed by atoms with van der Waals surface area (Å²) < 4.78 is 15.6. The number of hydrogen-bond acceptors (Lipinski definition) is 7. The van der Waals surface area contributed by atoms with Gasteiger partial charge in [-0.15, -0.1) is 0 Å². The topological polar surface area (TPSA) is 173 Å². The van der Waals surface area contributed by atoms with E-state index in [4.69, 9.17) is 10.2 Å². The number of benzene rings is 4. The SMILES string of the molecule is CC(=O)Nc1ccc(O)cc1.CC(C)n1c(/C=C/[C@@H](O)C[C@@H](O)CC(=O)O)c(-c2ccc(F)cc2)c2ccccc21.O=C(C1CCCCC1)N1CC(=O)N2CCc3ccccc3C2C1. The number of phenolic OH excluding ortho intramolecular Hbond substituents is 1. The lowest BCUT2D eigenvalue weighted by Crippen LogP contribution is -2.56. The molecule has 338 valence electrons. The van der Waals surface area contributed by atoms with Crippen LogP contribution < -0.4 is 5.32 Å². The van der Waals surface area contributed by atoms with Crippen LogP contribution in [0, 0.1) is 11.7 Å². The van der Waals surface area contributed by atoms with Crippen molar-refractivity contribution in [3.8, 4) is 16.9 Å². The maximum atomic E-state index is 13.5. The summed E-state index contributed by atoms with van der Waals surface area (Å²) in [5, 5.41) is 41.3. The second kappa shape index (κ2) is 21.9. The van der Waals surface area contributed by atoms with Crippen molar-refractivity contribution in [2.45, 2.75) is 96.4 Å². The van der Waals surface area contributed by atoms with Gasteiger partial charge in [-0.3, -0.25) is 19.2 Å². The van der Waals surface area contributed by atoms with Gasteiger partial charge >= 0.3 is 5.97 Å². The maximum absolute atomic E-state index is 13.5. The summed E-state index contributed by atoms with van der Waals surface area (Å²) >= 11 is 0. The standard InChI is InChI=1S/C24H26FNO4.C19H24N2O2.C8H9NO2/c1-15(2)26-21-6-4-3-5-20(21)24(16-7-9-17(25)10-8-16)22(26)12-11-18(27)13-19(28)14-23(29)30;22-18-13-20(19(23)15-7-2-1-3-8-15)12-17-16-9-5-4-6-14(16)10-11-21(17)18;1-6(10)9-7-2-4-8(11)5-3-7/h3-12,15,18-19,27-28H,13-14H2,1-2H3,(H,29,30);4-6,9,15,17H,1-3,7-8,10-13H2;2-5,11H,1H3,(H,9,10)/b12-11+;;/t18-,19-;;/m1../s1. The molecule has 4 aromatic carbocycles. The number of hydrogen-bond donors (Lipinski definition) is 5. The Bertz CT molecular complexity index is 2420. The second-order valence-electron chi connectivity index (χ2n) is 17.0. The average Bonchev–Trinajstić information content (AvgIpc) is 3.61. The number of carbonyl (C=O) groups excluding carboxylic acids is 3. The second-order valence-corrected chi connectivity index (χ2v) is 17.0. The van der Waals surface area contributed by atoms with Gasteiger partial charge in [0, 0.05) is 66.2 Å². The number of aromatic nitrogens is 1. The molecule has 5 N–H and O–H groups in total. The molecule has 5 aromatic rings. The number of halogens is 1. The Labute approximate surface area is 373 Å². The predicted molar refractivity (Wildman–Crippen MR) is 246 cm³/mol. The highest BCUT2D eigenvalue weighted by Gasteiger charge is 2.40. The van der Waals surface area contributed by atoms with Crippen molar-refractivity contribution in [2.24, 2.45) is 5.92 Å². The first kappa shape index (κ1) is 47.2. The molecule has 3 heterocycles. The Balaban J connectivity index is 0.000000176. The number of carbonyl (C=O) groups is 4. The first-order valence-corrected chi connectivity index (χ1v) is 22.1. The number of piperazine rings is 1. The molecule has 1 aromatic heterocycles. The highest BCUT2D eigenvalue weighted by molar-refractivity contribution is 6.01. The van der Waals surface area contributed by atoms with E-state index in [1.807, 2.05) is 40.1 Å². The molecule has 0 radical (unpaired) electrons. The van der Waals surface area contributed by atoms with Gasteiger partial charge in [0.1, 0.15) is 11.6 Å². The van der Waals surface area contributed by atoms with Crippen molar-refractivity contribution in [2.75, 3.05) is 25.0 Å². The van der Waals surface area contributed by atoms with E-state index in [-0.39, 0.29) is 60.3 Å². The summed E-state index contributed by atoms with van der Waals surface area (Å²) in [6, 6.07) is 29.1. The number of aliphatic carboxylic acids is 1. The molecule has 1 aliphatic carbocycles. The number of aromatic hydroxyl groups is 1. The van der Waals surface area contributed by atoms with E-state index in [9.17, 15) is 33.8 Å². The third-order valence-corrected chi connectivity index (χ3v) is 11.9. The van der Waals surface area contributed by atoms with Crippen LogP contribution in [0.4, 0.5) is 10.1 Å². The fourth-order valence-electron chi connectivity index (χ4n) is 8.97. The molecular weight excluding hydrogens is 816 g/mol. The zero-order valence-electron chi connectivity index (χ0n) is 36.7. The van der Waals surface area contributed by atoms with Gasteiger partial charge in [-0.25, -0.2) is 4.39 Å². The van der Waals surface area contributed by atoms with Gasteiger partial charge in [0.2, 0.25) is 17.7 Å². The van der Waals surface area contributed by atoms with Crippen molar-refractivity contribution in [1.82, 2.24) is 14.4 Å². The summed E-state index contributed by atoms with van der Waals surface area (Å²) in [5.74, 6) is -0.888. The Morgan fingerprint density at radius 2 is 1.56 bits per heavy atom. The maximum Gasteiger partial charge on any atom is 0.305 e. The first-order chi connectivity index (χ1) is 30.7. The van der Waals surface area contributed by atoms with Crippen LogP contribution in [-0.4, -0.2) is 90.3 Å². The lowest BCUT2D eigenvalue weighted by molar-refractivity contribution is -0.152. The zero-order valence-corrected chi connectivity index (χ0v) is 36.7. The molecule has 64 heavy (non-hydrogen) atoms. The summed E-state index contributed by atoms with van der Waals surface area (Å²) in [6.45, 7) is 7.28. The van der Waals surface area contributed by atoms with Crippen LogP contribution in [0.15, 0.2) is 103 Å². The predicted octanol–water partition coefficient (Wildman–Crippen LogP) is 8.51. The van der Waals surface area contributed by atoms with Gasteiger partial charge in [-0.1, -0.05) is 79.9 Å². The summed E-state index contributed by atoms with van der Waals surface area (Å²) in [7, 11) is 0. The molecule has 3 atom stereocenters. The molecular formula is C51H59FN4O8. The van der Waals surface area contributed by atoms with E-state index in [2.05, 4.69) is 41.9 Å². The number of nitrogens with one attached hydrogen (secondary N) is 1. The van der Waals surface area contributed by atoms with Gasteiger partial charge in [-0.2, -0.15) is 0 Å².